The van der Waals surface area contributed by atoms with E-state index in [9.17, 15) is 20.4 Å². The van der Waals surface area contributed by atoms with Crippen molar-refractivity contribution in [3.05, 3.63) is 11.1 Å². The van der Waals surface area contributed by atoms with Crippen molar-refractivity contribution >= 4 is 0 Å². The molecule has 3 rings (SSSR count). The number of nitrogens with one attached hydrogen (secondary N) is 1. The molecule has 2 aliphatic rings. The van der Waals surface area contributed by atoms with E-state index in [1.54, 1.807) is 0 Å². The summed E-state index contributed by atoms with van der Waals surface area (Å²) in [6.45, 7) is 0. The van der Waals surface area contributed by atoms with Gasteiger partial charge in [-0.1, -0.05) is 0 Å². The molecule has 2 unspecified atom stereocenters. The number of hydrogen-bond acceptors (Lipinski definition) is 5. The molecule has 0 amide bonds. The Morgan fingerprint density at radius 3 is 1.79 bits per heavy atom. The summed E-state index contributed by atoms with van der Waals surface area (Å²) in [6, 6.07) is 0. The van der Waals surface area contributed by atoms with Crippen LogP contribution in [0.3, 0.4) is 0 Å². The zero-order chi connectivity index (χ0) is 10.0. The largest absolute Gasteiger partial charge is 0.494 e. The van der Waals surface area contributed by atoms with E-state index in [0.717, 1.165) is 0 Å². The first kappa shape index (κ1) is 8.10. The van der Waals surface area contributed by atoms with E-state index < -0.39 is 24.4 Å². The van der Waals surface area contributed by atoms with Gasteiger partial charge in [0.1, 0.15) is 24.4 Å². The second-order valence-electron chi connectivity index (χ2n) is 3.61. The molecule has 3 heterocycles. The van der Waals surface area contributed by atoms with E-state index in [0.29, 0.717) is 11.1 Å². The van der Waals surface area contributed by atoms with Gasteiger partial charge in [-0.05, 0) is 0 Å². The molecule has 1 aromatic heterocycles. The van der Waals surface area contributed by atoms with Gasteiger partial charge in [-0.3, -0.25) is 4.98 Å². The standard InChI is InChI=1S/C8H9NO5/c10-3-4(11)6-2-1(5(3)14-6)7(12)9-8(2)13/h3-6,9-13H/t3-,4?,5-,6?/m0/s1. The minimum atomic E-state index is -1.05. The van der Waals surface area contributed by atoms with Gasteiger partial charge in [0.05, 0.1) is 11.1 Å². The van der Waals surface area contributed by atoms with Crippen LogP contribution in [-0.4, -0.2) is 37.6 Å². The molecule has 2 aliphatic heterocycles. The van der Waals surface area contributed by atoms with Crippen molar-refractivity contribution in [2.45, 2.75) is 24.4 Å². The van der Waals surface area contributed by atoms with Gasteiger partial charge in [-0.15, -0.1) is 0 Å². The minimum Gasteiger partial charge on any atom is -0.494 e. The summed E-state index contributed by atoms with van der Waals surface area (Å²) in [4.78, 5) is 2.33. The Balaban J connectivity index is 2.21. The molecule has 1 aromatic rings. The van der Waals surface area contributed by atoms with Crippen LogP contribution in [0.4, 0.5) is 0 Å². The van der Waals surface area contributed by atoms with Crippen LogP contribution < -0.4 is 0 Å². The maximum atomic E-state index is 9.49. The number of rotatable bonds is 0. The second kappa shape index (κ2) is 2.22. The summed E-state index contributed by atoms with van der Waals surface area (Å²) in [5.41, 5.74) is 0.704. The average molecular weight is 199 g/mol. The lowest BCUT2D eigenvalue weighted by Crippen LogP contribution is -2.30. The number of aromatic amines is 1. The smallest absolute Gasteiger partial charge is 0.197 e. The number of hydrogen-bond donors (Lipinski definition) is 5. The van der Waals surface area contributed by atoms with E-state index in [4.69, 9.17) is 4.74 Å². The summed E-state index contributed by atoms with van der Waals surface area (Å²) in [5.74, 6) is -0.424. The molecular weight excluding hydrogens is 190 g/mol. The summed E-state index contributed by atoms with van der Waals surface area (Å²) < 4.78 is 5.23. The Labute approximate surface area is 78.4 Å². The van der Waals surface area contributed by atoms with Crippen molar-refractivity contribution in [3.63, 3.8) is 0 Å². The van der Waals surface area contributed by atoms with Crippen molar-refractivity contribution in [2.75, 3.05) is 0 Å². The Bertz CT molecular complexity index is 366. The monoisotopic (exact) mass is 199 g/mol. The highest BCUT2D eigenvalue weighted by Crippen LogP contribution is 2.56. The molecule has 5 N–H and O–H groups in total. The van der Waals surface area contributed by atoms with Crippen LogP contribution in [0.25, 0.3) is 0 Å². The number of aromatic hydroxyl groups is 2. The van der Waals surface area contributed by atoms with Gasteiger partial charge in [-0.2, -0.15) is 0 Å². The van der Waals surface area contributed by atoms with E-state index >= 15 is 0 Å². The van der Waals surface area contributed by atoms with Crippen LogP contribution in [-0.2, 0) is 4.74 Å². The number of H-pyrrole nitrogens is 1. The molecule has 1 fully saturated rings. The van der Waals surface area contributed by atoms with Crippen molar-refractivity contribution in [3.8, 4) is 11.8 Å². The Kier molecular flexibility index (Phi) is 1.28. The second-order valence-corrected chi connectivity index (χ2v) is 3.61. The minimum absolute atomic E-state index is 0.212. The zero-order valence-corrected chi connectivity index (χ0v) is 7.01. The first-order valence-electron chi connectivity index (χ1n) is 4.26. The first-order valence-corrected chi connectivity index (χ1v) is 4.26. The predicted octanol–water partition coefficient (Wildman–Crippen LogP) is -0.726. The molecule has 4 atom stereocenters. The number of aliphatic hydroxyl groups is 2. The summed E-state index contributed by atoms with van der Waals surface area (Å²) in [7, 11) is 0. The SMILES string of the molecule is Oc1[nH]c(O)c2c1C1O[C@@H]2[C@@H](O)C1O. The van der Waals surface area contributed by atoms with Gasteiger partial charge in [0, 0.05) is 0 Å². The van der Waals surface area contributed by atoms with Gasteiger partial charge in [0.2, 0.25) is 0 Å². The van der Waals surface area contributed by atoms with Crippen LogP contribution in [0.5, 0.6) is 11.8 Å². The van der Waals surface area contributed by atoms with Crippen LogP contribution in [0.1, 0.15) is 23.3 Å². The fraction of sp³-hybridized carbons (Fsp3) is 0.500. The fourth-order valence-corrected chi connectivity index (χ4v) is 2.23. The van der Waals surface area contributed by atoms with Crippen LogP contribution in [0, 0.1) is 0 Å². The van der Waals surface area contributed by atoms with Crippen molar-refractivity contribution < 1.29 is 25.2 Å². The molecule has 0 saturated carbocycles. The highest BCUT2D eigenvalue weighted by atomic mass is 16.5. The normalized spacial score (nSPS) is 39.0. The molecule has 14 heavy (non-hydrogen) atoms. The maximum absolute atomic E-state index is 9.49. The molecule has 0 aliphatic carbocycles. The molecule has 0 spiro atoms. The number of ether oxygens (including phenoxy) is 1. The third-order valence-corrected chi connectivity index (χ3v) is 2.87. The Morgan fingerprint density at radius 2 is 1.36 bits per heavy atom. The number of aliphatic hydroxyl groups excluding tert-OH is 2. The lowest BCUT2D eigenvalue weighted by Gasteiger charge is -2.18. The molecule has 0 radical (unpaired) electrons. The van der Waals surface area contributed by atoms with Crippen LogP contribution >= 0.6 is 0 Å². The van der Waals surface area contributed by atoms with Crippen LogP contribution in [0.2, 0.25) is 0 Å². The maximum Gasteiger partial charge on any atom is 0.197 e. The topological polar surface area (TPSA) is 106 Å². The molecule has 6 nitrogen and oxygen atoms in total. The van der Waals surface area contributed by atoms with Crippen molar-refractivity contribution in [1.82, 2.24) is 4.98 Å². The molecule has 0 aromatic carbocycles. The number of fused-ring (bicyclic) bond motifs is 5. The fourth-order valence-electron chi connectivity index (χ4n) is 2.23. The summed E-state index contributed by atoms with van der Waals surface area (Å²) in [6.07, 6.45) is -3.59. The summed E-state index contributed by atoms with van der Waals surface area (Å²) in [5, 5.41) is 37.8. The lowest BCUT2D eigenvalue weighted by atomic mass is 9.90. The first-order chi connectivity index (χ1) is 6.61. The van der Waals surface area contributed by atoms with Gasteiger partial charge < -0.3 is 25.2 Å². The van der Waals surface area contributed by atoms with Crippen LogP contribution in [0.15, 0.2) is 0 Å². The van der Waals surface area contributed by atoms with E-state index in [2.05, 4.69) is 4.98 Å². The lowest BCUT2D eigenvalue weighted by molar-refractivity contribution is 0.0211. The molecule has 76 valence electrons. The van der Waals surface area contributed by atoms with Gasteiger partial charge >= 0.3 is 0 Å². The van der Waals surface area contributed by atoms with Crippen molar-refractivity contribution in [1.29, 1.82) is 0 Å². The average Bonchev–Trinajstić information content (AvgIpc) is 2.71. The quantitative estimate of drug-likeness (QED) is 0.379. The van der Waals surface area contributed by atoms with Gasteiger partial charge in [0.15, 0.2) is 11.8 Å². The number of aromatic nitrogens is 1. The predicted molar refractivity (Wildman–Crippen MR) is 42.7 cm³/mol. The third kappa shape index (κ3) is 0.682. The molecule has 1 saturated heterocycles. The highest BCUT2D eigenvalue weighted by Gasteiger charge is 2.55. The Morgan fingerprint density at radius 1 is 0.929 bits per heavy atom. The van der Waals surface area contributed by atoms with E-state index in [-0.39, 0.29) is 11.8 Å². The van der Waals surface area contributed by atoms with Crippen molar-refractivity contribution in [2.24, 2.45) is 0 Å². The van der Waals surface area contributed by atoms with Gasteiger partial charge in [0.25, 0.3) is 0 Å². The third-order valence-electron chi connectivity index (χ3n) is 2.87. The van der Waals surface area contributed by atoms with E-state index in [1.807, 2.05) is 0 Å². The molecule has 6 heteroatoms. The molecular formula is C8H9NO5. The Hall–Kier alpha value is -1.24. The summed E-state index contributed by atoms with van der Waals surface area (Å²) >= 11 is 0. The van der Waals surface area contributed by atoms with Gasteiger partial charge in [-0.25, -0.2) is 0 Å². The zero-order valence-electron chi connectivity index (χ0n) is 7.01. The molecule has 2 bridgehead atoms. The highest BCUT2D eigenvalue weighted by molar-refractivity contribution is 5.52. The van der Waals surface area contributed by atoms with E-state index in [1.165, 1.54) is 0 Å².